The first-order chi connectivity index (χ1) is 29.3. The lowest BCUT2D eigenvalue weighted by Gasteiger charge is -2.49. The fraction of sp³-hybridized carbons (Fsp3) is 0. The van der Waals surface area contributed by atoms with Crippen LogP contribution in [0.25, 0.3) is 77.2 Å². The lowest BCUT2D eigenvalue weighted by molar-refractivity contribution is 1.17. The van der Waals surface area contributed by atoms with Crippen LogP contribution in [-0.2, 0) is 0 Å². The van der Waals surface area contributed by atoms with Crippen LogP contribution in [0.1, 0.15) is 0 Å². The maximum atomic E-state index is 2.63. The number of fused-ring (bicyclic) bond motifs is 12. The van der Waals surface area contributed by atoms with Crippen molar-refractivity contribution in [3.63, 3.8) is 0 Å². The van der Waals surface area contributed by atoms with E-state index in [1.54, 1.807) is 0 Å². The summed E-state index contributed by atoms with van der Waals surface area (Å²) in [4.78, 5) is 5.16. The summed E-state index contributed by atoms with van der Waals surface area (Å²) in [5, 5.41) is 5.07. The van der Waals surface area contributed by atoms with E-state index in [0.29, 0.717) is 0 Å². The van der Waals surface area contributed by atoms with Gasteiger partial charge in [0.05, 0.1) is 22.1 Å². The molecular weight excluding hydrogens is 715 g/mol. The van der Waals surface area contributed by atoms with E-state index in [2.05, 4.69) is 219 Å². The lowest BCUT2D eigenvalue weighted by Crippen LogP contribution is -2.63. The molecule has 0 saturated heterocycles. The zero-order valence-corrected chi connectivity index (χ0v) is 31.9. The molecule has 272 valence electrons. The molecular formula is C54H33BN4. The second kappa shape index (κ2) is 11.4. The predicted molar refractivity (Wildman–Crippen MR) is 248 cm³/mol. The average Bonchev–Trinajstić information content (AvgIpc) is 3.82. The smallest absolute Gasteiger partial charge is 0.333 e. The van der Waals surface area contributed by atoms with E-state index < -0.39 is 0 Å². The number of benzene rings is 9. The second-order valence-electron chi connectivity index (χ2n) is 16.1. The minimum absolute atomic E-state index is 0.0191. The molecule has 9 aromatic carbocycles. The first kappa shape index (κ1) is 31.3. The van der Waals surface area contributed by atoms with Crippen LogP contribution < -0.4 is 20.6 Å². The van der Waals surface area contributed by atoms with E-state index in [0.717, 1.165) is 17.1 Å². The summed E-state index contributed by atoms with van der Waals surface area (Å²) in [6.45, 7) is 0.0191. The Bertz CT molecular complexity index is 3510. The van der Waals surface area contributed by atoms with Crippen molar-refractivity contribution in [2.75, 3.05) is 9.71 Å². The van der Waals surface area contributed by atoms with Gasteiger partial charge in [-0.15, -0.1) is 0 Å². The first-order valence-electron chi connectivity index (χ1n) is 20.5. The monoisotopic (exact) mass is 748 g/mol. The maximum absolute atomic E-state index is 2.63. The highest BCUT2D eigenvalue weighted by molar-refractivity contribution is 6.95. The van der Waals surface area contributed by atoms with Crippen LogP contribution in [0.2, 0.25) is 0 Å². The Balaban J connectivity index is 1.04. The van der Waals surface area contributed by atoms with Crippen molar-refractivity contribution in [1.82, 2.24) is 9.13 Å². The SMILES string of the molecule is c1cc(N2c3cccc4c3B3c5c(cccc52)-c2cc(-n5c6ccccc6c6ccccc65)ccc2N3c2ccccc2-4)cc(-n2c3ccccc3c3ccccc32)c1. The molecule has 14 rings (SSSR count). The van der Waals surface area contributed by atoms with Gasteiger partial charge in [-0.2, -0.15) is 0 Å². The standard InChI is InChI=1S/C54H33BN4/c1-6-23-45-37(16-1)38-17-2-7-24-46(38)56(45)34-14-11-15-35(32-34)58-51-28-12-21-42-41-20-5-10-27-49(41)59-50-31-30-36(33-44(50)43-22-13-29-52(58)54(43)55(59)53(42)51)57-47-25-8-3-18-39(47)40-19-4-9-26-48(40)57/h1-33H. The number of hydrogen-bond acceptors (Lipinski definition) is 2. The maximum Gasteiger partial charge on any atom is 0.333 e. The molecule has 0 radical (unpaired) electrons. The van der Waals surface area contributed by atoms with Gasteiger partial charge in [-0.05, 0) is 101 Å². The van der Waals surface area contributed by atoms with Crippen molar-refractivity contribution < 1.29 is 0 Å². The third-order valence-corrected chi connectivity index (χ3v) is 13.2. The molecule has 0 atom stereocenters. The van der Waals surface area contributed by atoms with Crippen molar-refractivity contribution in [3.8, 4) is 33.6 Å². The Hall–Kier alpha value is -7.76. The molecule has 0 aliphatic carbocycles. The molecule has 0 unspecified atom stereocenters. The van der Waals surface area contributed by atoms with Gasteiger partial charge in [-0.25, -0.2) is 0 Å². The van der Waals surface area contributed by atoms with Gasteiger partial charge in [0.1, 0.15) is 0 Å². The van der Waals surface area contributed by atoms with E-state index in [1.807, 2.05) is 0 Å². The van der Waals surface area contributed by atoms with E-state index >= 15 is 0 Å². The zero-order valence-electron chi connectivity index (χ0n) is 31.9. The minimum atomic E-state index is 0.0191. The van der Waals surface area contributed by atoms with Gasteiger partial charge in [-0.1, -0.05) is 121 Å². The molecule has 11 aromatic rings. The summed E-state index contributed by atoms with van der Waals surface area (Å²) in [6.07, 6.45) is 0. The van der Waals surface area contributed by atoms with Crippen molar-refractivity contribution in [2.24, 2.45) is 0 Å². The van der Waals surface area contributed by atoms with Crippen LogP contribution in [0, 0.1) is 0 Å². The van der Waals surface area contributed by atoms with Crippen LogP contribution in [0.5, 0.6) is 0 Å². The molecule has 2 aromatic heterocycles. The first-order valence-corrected chi connectivity index (χ1v) is 20.5. The van der Waals surface area contributed by atoms with Gasteiger partial charge in [-0.3, -0.25) is 0 Å². The summed E-state index contributed by atoms with van der Waals surface area (Å²) < 4.78 is 4.86. The third kappa shape index (κ3) is 4.04. The number of anilines is 5. The van der Waals surface area contributed by atoms with Crippen LogP contribution in [-0.4, -0.2) is 16.0 Å². The van der Waals surface area contributed by atoms with Crippen LogP contribution in [0.4, 0.5) is 28.4 Å². The fourth-order valence-corrected chi connectivity index (χ4v) is 10.9. The van der Waals surface area contributed by atoms with Gasteiger partial charge in [0.25, 0.3) is 0 Å². The summed E-state index contributed by atoms with van der Waals surface area (Å²) in [7, 11) is 0. The number of nitrogens with zero attached hydrogens (tertiary/aromatic N) is 4. The number of aromatic nitrogens is 2. The van der Waals surface area contributed by atoms with E-state index in [1.165, 1.54) is 99.5 Å². The van der Waals surface area contributed by atoms with E-state index in [4.69, 9.17) is 0 Å². The Morgan fingerprint density at radius 3 is 1.31 bits per heavy atom. The number of hydrogen-bond donors (Lipinski definition) is 0. The molecule has 0 saturated carbocycles. The molecule has 59 heavy (non-hydrogen) atoms. The summed E-state index contributed by atoms with van der Waals surface area (Å²) in [6, 6.07) is 74.2. The van der Waals surface area contributed by atoms with Crippen LogP contribution >= 0.6 is 0 Å². The highest BCUT2D eigenvalue weighted by Gasteiger charge is 2.48. The Kier molecular flexibility index (Phi) is 6.07. The largest absolute Gasteiger partial charge is 0.376 e. The molecule has 5 heteroatoms. The lowest BCUT2D eigenvalue weighted by atomic mass is 9.41. The fourth-order valence-electron chi connectivity index (χ4n) is 10.9. The molecule has 0 amide bonds. The highest BCUT2D eigenvalue weighted by atomic mass is 15.2. The Morgan fingerprint density at radius 1 is 0.288 bits per heavy atom. The summed E-state index contributed by atoms with van der Waals surface area (Å²) in [5.74, 6) is 0. The molecule has 3 aliphatic rings. The van der Waals surface area contributed by atoms with Gasteiger partial charge in [0.15, 0.2) is 0 Å². The topological polar surface area (TPSA) is 16.3 Å². The predicted octanol–water partition coefficient (Wildman–Crippen LogP) is 12.6. The van der Waals surface area contributed by atoms with Crippen LogP contribution in [0.15, 0.2) is 200 Å². The number of para-hydroxylation sites is 5. The molecule has 0 fully saturated rings. The van der Waals surface area contributed by atoms with E-state index in [-0.39, 0.29) is 6.85 Å². The minimum Gasteiger partial charge on any atom is -0.376 e. The van der Waals surface area contributed by atoms with Crippen LogP contribution in [0.3, 0.4) is 0 Å². The molecule has 4 nitrogen and oxygen atoms in total. The summed E-state index contributed by atoms with van der Waals surface area (Å²) in [5.41, 5.74) is 21.0. The molecule has 0 N–H and O–H groups in total. The van der Waals surface area contributed by atoms with Gasteiger partial charge in [0.2, 0.25) is 0 Å². The zero-order chi connectivity index (χ0) is 38.3. The molecule has 0 bridgehead atoms. The molecule has 5 heterocycles. The van der Waals surface area contributed by atoms with E-state index in [9.17, 15) is 0 Å². The normalized spacial score (nSPS) is 13.3. The Morgan fingerprint density at radius 2 is 0.712 bits per heavy atom. The van der Waals surface area contributed by atoms with Gasteiger partial charge < -0.3 is 18.8 Å². The average molecular weight is 749 g/mol. The summed E-state index contributed by atoms with van der Waals surface area (Å²) >= 11 is 0. The highest BCUT2D eigenvalue weighted by Crippen LogP contribution is 2.52. The second-order valence-corrected chi connectivity index (χ2v) is 16.1. The third-order valence-electron chi connectivity index (χ3n) is 13.2. The molecule has 3 aliphatic heterocycles. The van der Waals surface area contributed by atoms with Gasteiger partial charge in [0, 0.05) is 72.5 Å². The Labute approximate surface area is 341 Å². The van der Waals surface area contributed by atoms with Crippen molar-refractivity contribution in [1.29, 1.82) is 0 Å². The van der Waals surface area contributed by atoms with Crippen molar-refractivity contribution >= 4 is 89.8 Å². The van der Waals surface area contributed by atoms with Crippen molar-refractivity contribution in [3.05, 3.63) is 200 Å². The van der Waals surface area contributed by atoms with Gasteiger partial charge >= 0.3 is 6.85 Å². The molecule has 0 spiro atoms. The van der Waals surface area contributed by atoms with Crippen molar-refractivity contribution in [2.45, 2.75) is 0 Å². The number of rotatable bonds is 3. The quantitative estimate of drug-likeness (QED) is 0.167.